The van der Waals surface area contributed by atoms with Crippen LogP contribution in [0.5, 0.6) is 17.2 Å². The Balaban J connectivity index is 1.50. The molecule has 2 aromatic carbocycles. The summed E-state index contributed by atoms with van der Waals surface area (Å²) < 4.78 is 18.3. The first kappa shape index (κ1) is 19.5. The number of hydrogen-bond acceptors (Lipinski definition) is 6. The number of nitrogens with one attached hydrogen (secondary N) is 1. The van der Waals surface area contributed by atoms with Crippen LogP contribution in [0.4, 0.5) is 0 Å². The number of hydrogen-bond donors (Lipinski definition) is 1. The van der Waals surface area contributed by atoms with Gasteiger partial charge in [0.1, 0.15) is 25.9 Å². The lowest BCUT2D eigenvalue weighted by Gasteiger charge is -2.21. The van der Waals surface area contributed by atoms with E-state index in [-0.39, 0.29) is 11.9 Å². The van der Waals surface area contributed by atoms with Gasteiger partial charge in [-0.1, -0.05) is 30.3 Å². The van der Waals surface area contributed by atoms with E-state index in [1.807, 2.05) is 36.4 Å². The van der Waals surface area contributed by atoms with E-state index in [0.29, 0.717) is 37.0 Å². The van der Waals surface area contributed by atoms with E-state index in [4.69, 9.17) is 14.2 Å². The summed E-state index contributed by atoms with van der Waals surface area (Å²) in [6.45, 7) is 1.43. The average molecular weight is 406 g/mol. The lowest BCUT2D eigenvalue weighted by molar-refractivity contribution is -0.117. The van der Waals surface area contributed by atoms with E-state index in [1.54, 1.807) is 30.3 Å². The maximum absolute atomic E-state index is 12.6. The lowest BCUT2D eigenvalue weighted by Crippen LogP contribution is -2.30. The Morgan fingerprint density at radius 2 is 2.10 bits per heavy atom. The number of nitrogens with zero attached hydrogens (tertiary/aromatic N) is 3. The SMILES string of the molecule is COc1cc(/C=C/C(=O)NC(Cn2cncn2)c2ccccc2)cc2c1OCCO2. The fourth-order valence-corrected chi connectivity index (χ4v) is 3.22. The molecule has 1 aliphatic heterocycles. The molecule has 1 N–H and O–H groups in total. The molecule has 0 spiro atoms. The third-order valence-corrected chi connectivity index (χ3v) is 4.63. The van der Waals surface area contributed by atoms with Crippen LogP contribution in [0.25, 0.3) is 6.08 Å². The molecule has 0 saturated carbocycles. The van der Waals surface area contributed by atoms with Gasteiger partial charge in [-0.25, -0.2) is 4.98 Å². The van der Waals surface area contributed by atoms with Crippen LogP contribution < -0.4 is 19.5 Å². The van der Waals surface area contributed by atoms with Crippen molar-refractivity contribution in [1.29, 1.82) is 0 Å². The minimum atomic E-state index is -0.250. The zero-order valence-corrected chi connectivity index (χ0v) is 16.5. The average Bonchev–Trinajstić information content (AvgIpc) is 3.30. The minimum Gasteiger partial charge on any atom is -0.493 e. The highest BCUT2D eigenvalue weighted by Gasteiger charge is 2.18. The lowest BCUT2D eigenvalue weighted by atomic mass is 10.1. The highest BCUT2D eigenvalue weighted by Crippen LogP contribution is 2.40. The van der Waals surface area contributed by atoms with Crippen molar-refractivity contribution in [2.75, 3.05) is 20.3 Å². The Hall–Kier alpha value is -3.81. The summed E-state index contributed by atoms with van der Waals surface area (Å²) in [5, 5.41) is 7.17. The van der Waals surface area contributed by atoms with Gasteiger partial charge in [-0.15, -0.1) is 0 Å². The van der Waals surface area contributed by atoms with Crippen LogP contribution in [0.1, 0.15) is 17.2 Å². The standard InChI is InChI=1S/C22H22N4O4/c1-28-19-11-16(12-20-22(19)30-10-9-29-20)7-8-21(27)25-18(13-26-15-23-14-24-26)17-5-3-2-4-6-17/h2-8,11-12,14-15,18H,9-10,13H2,1H3,(H,25,27)/b8-7+. The summed E-state index contributed by atoms with van der Waals surface area (Å²) in [6.07, 6.45) is 6.30. The van der Waals surface area contributed by atoms with Gasteiger partial charge in [-0.05, 0) is 29.3 Å². The molecule has 1 unspecified atom stereocenters. The van der Waals surface area contributed by atoms with E-state index in [2.05, 4.69) is 15.4 Å². The Labute approximate surface area is 174 Å². The van der Waals surface area contributed by atoms with Crippen LogP contribution in [0.3, 0.4) is 0 Å². The van der Waals surface area contributed by atoms with E-state index >= 15 is 0 Å². The van der Waals surface area contributed by atoms with Crippen molar-refractivity contribution >= 4 is 12.0 Å². The molecular weight excluding hydrogens is 384 g/mol. The second-order valence-corrected chi connectivity index (χ2v) is 6.67. The molecule has 8 heteroatoms. The molecule has 30 heavy (non-hydrogen) atoms. The van der Waals surface area contributed by atoms with Gasteiger partial charge in [0.15, 0.2) is 11.5 Å². The summed E-state index contributed by atoms with van der Waals surface area (Å²) in [4.78, 5) is 16.6. The molecule has 0 fully saturated rings. The van der Waals surface area contributed by atoms with Crippen LogP contribution in [0.2, 0.25) is 0 Å². The quantitative estimate of drug-likeness (QED) is 0.607. The maximum atomic E-state index is 12.6. The topological polar surface area (TPSA) is 87.5 Å². The van der Waals surface area contributed by atoms with E-state index in [9.17, 15) is 4.79 Å². The van der Waals surface area contributed by atoms with Crippen LogP contribution >= 0.6 is 0 Å². The van der Waals surface area contributed by atoms with Crippen molar-refractivity contribution in [1.82, 2.24) is 20.1 Å². The van der Waals surface area contributed by atoms with Crippen molar-refractivity contribution in [3.8, 4) is 17.2 Å². The summed E-state index contributed by atoms with van der Waals surface area (Å²) in [7, 11) is 1.57. The third kappa shape index (κ3) is 4.60. The van der Waals surface area contributed by atoms with Gasteiger partial charge in [0.2, 0.25) is 11.7 Å². The molecular formula is C22H22N4O4. The first-order valence-electron chi connectivity index (χ1n) is 9.56. The van der Waals surface area contributed by atoms with Gasteiger partial charge in [0.05, 0.1) is 19.7 Å². The maximum Gasteiger partial charge on any atom is 0.244 e. The zero-order chi connectivity index (χ0) is 20.8. The molecule has 1 aromatic heterocycles. The molecule has 1 aliphatic rings. The number of aromatic nitrogens is 3. The Bertz CT molecular complexity index is 1000. The van der Waals surface area contributed by atoms with Gasteiger partial charge in [0, 0.05) is 6.08 Å². The normalized spacial score (nSPS) is 13.8. The molecule has 154 valence electrons. The van der Waals surface area contributed by atoms with Gasteiger partial charge >= 0.3 is 0 Å². The molecule has 3 aromatic rings. The van der Waals surface area contributed by atoms with Gasteiger partial charge in [-0.2, -0.15) is 5.10 Å². The predicted octanol–water partition coefficient (Wildman–Crippen LogP) is 2.63. The smallest absolute Gasteiger partial charge is 0.244 e. The summed E-state index contributed by atoms with van der Waals surface area (Å²) in [6, 6.07) is 13.1. The third-order valence-electron chi connectivity index (χ3n) is 4.63. The van der Waals surface area contributed by atoms with E-state index in [0.717, 1.165) is 11.1 Å². The molecule has 4 rings (SSSR count). The Morgan fingerprint density at radius 1 is 1.27 bits per heavy atom. The molecule has 8 nitrogen and oxygen atoms in total. The van der Waals surface area contributed by atoms with Crippen LogP contribution in [0.15, 0.2) is 61.2 Å². The van der Waals surface area contributed by atoms with Gasteiger partial charge < -0.3 is 19.5 Å². The molecule has 0 saturated heterocycles. The highest BCUT2D eigenvalue weighted by molar-refractivity contribution is 5.92. The summed E-state index contributed by atoms with van der Waals surface area (Å²) in [5.74, 6) is 1.54. The molecule has 0 bridgehead atoms. The van der Waals surface area contributed by atoms with Crippen molar-refractivity contribution in [3.05, 3.63) is 72.3 Å². The molecule has 1 atom stereocenters. The fraction of sp³-hybridized carbons (Fsp3) is 0.227. The zero-order valence-electron chi connectivity index (χ0n) is 16.5. The first-order chi connectivity index (χ1) is 14.7. The number of methoxy groups -OCH3 is 1. The van der Waals surface area contributed by atoms with Crippen molar-refractivity contribution in [3.63, 3.8) is 0 Å². The number of amides is 1. The van der Waals surface area contributed by atoms with Crippen LogP contribution in [-0.2, 0) is 11.3 Å². The number of ether oxygens (including phenoxy) is 3. The van der Waals surface area contributed by atoms with Crippen LogP contribution in [0, 0.1) is 0 Å². The fourth-order valence-electron chi connectivity index (χ4n) is 3.22. The molecule has 1 amide bonds. The molecule has 0 radical (unpaired) electrons. The Morgan fingerprint density at radius 3 is 2.87 bits per heavy atom. The molecule has 2 heterocycles. The second kappa shape index (κ2) is 9.13. The number of rotatable bonds is 7. The van der Waals surface area contributed by atoms with Gasteiger partial charge in [0.25, 0.3) is 0 Å². The monoisotopic (exact) mass is 406 g/mol. The van der Waals surface area contributed by atoms with E-state index in [1.165, 1.54) is 12.4 Å². The molecule has 0 aliphatic carbocycles. The summed E-state index contributed by atoms with van der Waals surface area (Å²) >= 11 is 0. The number of fused-ring (bicyclic) bond motifs is 1. The van der Waals surface area contributed by atoms with Crippen LogP contribution in [-0.4, -0.2) is 41.0 Å². The minimum absolute atomic E-state index is 0.224. The van der Waals surface area contributed by atoms with Crippen molar-refractivity contribution in [2.45, 2.75) is 12.6 Å². The number of carbonyl (C=O) groups is 1. The number of benzene rings is 2. The first-order valence-corrected chi connectivity index (χ1v) is 9.56. The highest BCUT2D eigenvalue weighted by atomic mass is 16.6. The van der Waals surface area contributed by atoms with Crippen molar-refractivity contribution < 1.29 is 19.0 Å². The second-order valence-electron chi connectivity index (χ2n) is 6.67. The van der Waals surface area contributed by atoms with Gasteiger partial charge in [-0.3, -0.25) is 9.48 Å². The number of carbonyl (C=O) groups excluding carboxylic acids is 1. The Kier molecular flexibility index (Phi) is 5.93. The summed E-state index contributed by atoms with van der Waals surface area (Å²) in [5.41, 5.74) is 1.76. The predicted molar refractivity (Wildman–Crippen MR) is 110 cm³/mol. The van der Waals surface area contributed by atoms with Crippen molar-refractivity contribution in [2.24, 2.45) is 0 Å². The largest absolute Gasteiger partial charge is 0.493 e. The van der Waals surface area contributed by atoms with E-state index < -0.39 is 0 Å².